The minimum absolute atomic E-state index is 0.0870. The molecule has 2 aliphatic heterocycles. The Morgan fingerprint density at radius 3 is 2.24 bits per heavy atom. The van der Waals surface area contributed by atoms with Crippen molar-refractivity contribution < 1.29 is 4.79 Å². The van der Waals surface area contributed by atoms with Gasteiger partial charge < -0.3 is 14.7 Å². The van der Waals surface area contributed by atoms with Crippen LogP contribution in [0.1, 0.15) is 29.8 Å². The third-order valence-corrected chi connectivity index (χ3v) is 6.20. The van der Waals surface area contributed by atoms with E-state index in [9.17, 15) is 4.79 Å². The molecule has 0 aliphatic carbocycles. The number of hydrogen-bond donors (Lipinski definition) is 0. The summed E-state index contributed by atoms with van der Waals surface area (Å²) in [6.07, 6.45) is 0. The average Bonchev–Trinajstić information content (AvgIpc) is 2.91. The van der Waals surface area contributed by atoms with E-state index in [2.05, 4.69) is 65.9 Å². The Morgan fingerprint density at radius 2 is 1.55 bits per heavy atom. The van der Waals surface area contributed by atoms with Crippen LogP contribution in [0.3, 0.4) is 0 Å². The van der Waals surface area contributed by atoms with E-state index in [1.54, 1.807) is 0 Å². The van der Waals surface area contributed by atoms with Crippen LogP contribution in [0.2, 0.25) is 0 Å². The molecule has 2 aliphatic rings. The molecule has 5 heteroatoms. The fourth-order valence-corrected chi connectivity index (χ4v) is 4.35. The van der Waals surface area contributed by atoms with Crippen molar-refractivity contribution in [3.63, 3.8) is 0 Å². The molecular weight excluding hydrogens is 360 g/mol. The largest absolute Gasteiger partial charge is 0.369 e. The lowest BCUT2D eigenvalue weighted by atomic mass is 10.1. The van der Waals surface area contributed by atoms with Crippen molar-refractivity contribution >= 4 is 17.3 Å². The molecule has 1 fully saturated rings. The Morgan fingerprint density at radius 1 is 0.862 bits per heavy atom. The van der Waals surface area contributed by atoms with Crippen molar-refractivity contribution in [1.82, 2.24) is 9.80 Å². The van der Waals surface area contributed by atoms with Gasteiger partial charge in [-0.2, -0.15) is 0 Å². The molecule has 0 N–H and O–H groups in total. The van der Waals surface area contributed by atoms with Gasteiger partial charge in [-0.15, -0.1) is 0 Å². The van der Waals surface area contributed by atoms with Crippen molar-refractivity contribution in [2.75, 3.05) is 56.1 Å². The highest BCUT2D eigenvalue weighted by Gasteiger charge is 2.24. The maximum atomic E-state index is 13.3. The molecular formula is C24H32N4O. The van der Waals surface area contributed by atoms with Crippen molar-refractivity contribution in [3.05, 3.63) is 59.7 Å². The monoisotopic (exact) mass is 392 g/mol. The number of piperazine rings is 1. The SMILES string of the molecule is CC(C)N1CCN(c2ccc(C(=O)N3CCN(C)Cc4ccccc43)cc2)CC1. The second-order valence-electron chi connectivity index (χ2n) is 8.49. The van der Waals surface area contributed by atoms with Crippen LogP contribution in [0.25, 0.3) is 0 Å². The number of fused-ring (bicyclic) bond motifs is 1. The van der Waals surface area contributed by atoms with E-state index in [1.165, 1.54) is 11.3 Å². The van der Waals surface area contributed by atoms with E-state index in [4.69, 9.17) is 0 Å². The fourth-order valence-electron chi connectivity index (χ4n) is 4.35. The first-order valence-corrected chi connectivity index (χ1v) is 10.7. The van der Waals surface area contributed by atoms with Gasteiger partial charge in [0.1, 0.15) is 0 Å². The minimum atomic E-state index is 0.0870. The molecule has 1 amide bonds. The lowest BCUT2D eigenvalue weighted by Crippen LogP contribution is -2.48. The molecule has 0 spiro atoms. The van der Waals surface area contributed by atoms with Crippen LogP contribution in [0.5, 0.6) is 0 Å². The van der Waals surface area contributed by atoms with Crippen LogP contribution in [-0.2, 0) is 6.54 Å². The summed E-state index contributed by atoms with van der Waals surface area (Å²) in [7, 11) is 2.11. The molecule has 0 atom stereocenters. The number of benzene rings is 2. The van der Waals surface area contributed by atoms with Gasteiger partial charge in [0, 0.05) is 68.8 Å². The van der Waals surface area contributed by atoms with Gasteiger partial charge in [-0.25, -0.2) is 0 Å². The number of anilines is 2. The minimum Gasteiger partial charge on any atom is -0.369 e. The Hall–Kier alpha value is -2.37. The van der Waals surface area contributed by atoms with Crippen molar-refractivity contribution in [2.24, 2.45) is 0 Å². The van der Waals surface area contributed by atoms with Crippen LogP contribution in [0.4, 0.5) is 11.4 Å². The number of para-hydroxylation sites is 1. The maximum absolute atomic E-state index is 13.3. The Labute approximate surface area is 174 Å². The molecule has 2 aromatic carbocycles. The van der Waals surface area contributed by atoms with Crippen molar-refractivity contribution in [3.8, 4) is 0 Å². The molecule has 0 aromatic heterocycles. The van der Waals surface area contributed by atoms with E-state index in [0.29, 0.717) is 12.6 Å². The van der Waals surface area contributed by atoms with Gasteiger partial charge in [0.25, 0.3) is 5.91 Å². The summed E-state index contributed by atoms with van der Waals surface area (Å²) < 4.78 is 0. The van der Waals surface area contributed by atoms with E-state index in [0.717, 1.165) is 50.5 Å². The molecule has 29 heavy (non-hydrogen) atoms. The zero-order valence-corrected chi connectivity index (χ0v) is 17.8. The van der Waals surface area contributed by atoms with Gasteiger partial charge in [0.2, 0.25) is 0 Å². The molecule has 1 saturated heterocycles. The summed E-state index contributed by atoms with van der Waals surface area (Å²) in [6.45, 7) is 11.2. The number of carbonyl (C=O) groups excluding carboxylic acids is 1. The lowest BCUT2D eigenvalue weighted by Gasteiger charge is -2.38. The standard InChI is InChI=1S/C24H32N4O/c1-19(2)26-13-15-27(16-14-26)22-10-8-20(9-11-22)24(29)28-17-12-25(3)18-21-6-4-5-7-23(21)28/h4-11,19H,12-18H2,1-3H3. The summed E-state index contributed by atoms with van der Waals surface area (Å²) in [6, 6.07) is 17.0. The summed E-state index contributed by atoms with van der Waals surface area (Å²) in [5.74, 6) is 0.0870. The van der Waals surface area contributed by atoms with Gasteiger partial charge in [0.15, 0.2) is 0 Å². The Balaban J connectivity index is 1.49. The van der Waals surface area contributed by atoms with Gasteiger partial charge >= 0.3 is 0 Å². The third kappa shape index (κ3) is 4.31. The van der Waals surface area contributed by atoms with Crippen molar-refractivity contribution in [1.29, 1.82) is 0 Å². The molecule has 2 aromatic rings. The molecule has 0 saturated carbocycles. The molecule has 5 nitrogen and oxygen atoms in total. The van der Waals surface area contributed by atoms with E-state index in [1.807, 2.05) is 23.1 Å². The number of carbonyl (C=O) groups is 1. The van der Waals surface area contributed by atoms with Gasteiger partial charge in [-0.05, 0) is 56.8 Å². The fraction of sp³-hybridized carbons (Fsp3) is 0.458. The molecule has 0 bridgehead atoms. The molecule has 154 valence electrons. The number of rotatable bonds is 3. The zero-order valence-electron chi connectivity index (χ0n) is 17.8. The van der Waals surface area contributed by atoms with Gasteiger partial charge in [-0.3, -0.25) is 9.69 Å². The summed E-state index contributed by atoms with van der Waals surface area (Å²) >= 11 is 0. The van der Waals surface area contributed by atoms with Gasteiger partial charge in [-0.1, -0.05) is 18.2 Å². The highest BCUT2D eigenvalue weighted by molar-refractivity contribution is 6.06. The maximum Gasteiger partial charge on any atom is 0.258 e. The smallest absolute Gasteiger partial charge is 0.258 e. The highest BCUT2D eigenvalue weighted by atomic mass is 16.2. The van der Waals surface area contributed by atoms with Crippen LogP contribution in [0.15, 0.2) is 48.5 Å². The zero-order chi connectivity index (χ0) is 20.4. The number of hydrogen-bond acceptors (Lipinski definition) is 4. The van der Waals surface area contributed by atoms with Crippen LogP contribution < -0.4 is 9.80 Å². The second kappa shape index (κ2) is 8.56. The summed E-state index contributed by atoms with van der Waals surface area (Å²) in [5.41, 5.74) is 4.21. The summed E-state index contributed by atoms with van der Waals surface area (Å²) in [5, 5.41) is 0. The number of likely N-dealkylation sites (N-methyl/N-ethyl adjacent to an activating group) is 1. The van der Waals surface area contributed by atoms with E-state index < -0.39 is 0 Å². The molecule has 2 heterocycles. The molecule has 0 radical (unpaired) electrons. The predicted octanol–water partition coefficient (Wildman–Crippen LogP) is 3.31. The second-order valence-corrected chi connectivity index (χ2v) is 8.49. The van der Waals surface area contributed by atoms with E-state index >= 15 is 0 Å². The number of amides is 1. The topological polar surface area (TPSA) is 30.0 Å². The predicted molar refractivity (Wildman–Crippen MR) is 120 cm³/mol. The highest BCUT2D eigenvalue weighted by Crippen LogP contribution is 2.27. The quantitative estimate of drug-likeness (QED) is 0.802. The first kappa shape index (κ1) is 19.9. The Bertz CT molecular complexity index is 840. The Kier molecular flexibility index (Phi) is 5.88. The average molecular weight is 393 g/mol. The van der Waals surface area contributed by atoms with Gasteiger partial charge in [0.05, 0.1) is 0 Å². The molecule has 4 rings (SSSR count). The normalized spacial score (nSPS) is 18.6. The van der Waals surface area contributed by atoms with Crippen LogP contribution >= 0.6 is 0 Å². The first-order chi connectivity index (χ1) is 14.0. The summed E-state index contributed by atoms with van der Waals surface area (Å²) in [4.78, 5) is 22.5. The van der Waals surface area contributed by atoms with Crippen molar-refractivity contribution in [2.45, 2.75) is 26.4 Å². The van der Waals surface area contributed by atoms with E-state index in [-0.39, 0.29) is 5.91 Å². The van der Waals surface area contributed by atoms with Crippen LogP contribution in [-0.4, -0.2) is 68.1 Å². The lowest BCUT2D eigenvalue weighted by molar-refractivity contribution is 0.0986. The number of nitrogens with zero attached hydrogens (tertiary/aromatic N) is 4. The van der Waals surface area contributed by atoms with Crippen LogP contribution in [0, 0.1) is 0 Å². The first-order valence-electron chi connectivity index (χ1n) is 10.7. The molecule has 0 unspecified atom stereocenters. The third-order valence-electron chi connectivity index (χ3n) is 6.20.